The molecule has 0 atom stereocenters. The number of aromatic carboxylic acids is 1. The molecule has 0 fully saturated rings. The van der Waals surface area contributed by atoms with E-state index in [-0.39, 0.29) is 16.9 Å². The average molecular weight is 489 g/mol. The lowest BCUT2D eigenvalue weighted by Crippen LogP contribution is -2.39. The van der Waals surface area contributed by atoms with Gasteiger partial charge in [0.05, 0.1) is 29.6 Å². The quantitative estimate of drug-likeness (QED) is 0.437. The van der Waals surface area contributed by atoms with Gasteiger partial charge in [0.2, 0.25) is 0 Å². The number of pyridine rings is 1. The van der Waals surface area contributed by atoms with Gasteiger partial charge < -0.3 is 9.84 Å². The fraction of sp³-hybridized carbons (Fsp3) is 0.320. The molecule has 0 aliphatic rings. The van der Waals surface area contributed by atoms with Crippen LogP contribution >= 0.6 is 0 Å². The van der Waals surface area contributed by atoms with Gasteiger partial charge in [-0.3, -0.25) is 9.30 Å². The van der Waals surface area contributed by atoms with E-state index in [4.69, 9.17) is 4.74 Å². The molecule has 3 aromatic rings. The van der Waals surface area contributed by atoms with Crippen LogP contribution in [0.5, 0.6) is 0 Å². The first-order chi connectivity index (χ1) is 16.2. The number of hydrogen-bond donors (Lipinski definition) is 1. The molecule has 35 heavy (non-hydrogen) atoms. The minimum Gasteiger partial charge on any atom is -0.478 e. The van der Waals surface area contributed by atoms with Crippen molar-refractivity contribution in [3.63, 3.8) is 0 Å². The summed E-state index contributed by atoms with van der Waals surface area (Å²) in [6.07, 6.45) is -1.96. The Morgan fingerprint density at radius 1 is 1.23 bits per heavy atom. The molecule has 0 spiro atoms. The van der Waals surface area contributed by atoms with E-state index in [9.17, 15) is 27.9 Å². The molecule has 0 radical (unpaired) electrons. The Labute approximate surface area is 200 Å². The molecule has 1 amide bonds. The highest BCUT2D eigenvalue weighted by Gasteiger charge is 2.32. The molecular weight excluding hydrogens is 463 g/mol. The number of carboxylic acid groups (broad SMARTS) is 1. The number of carboxylic acids is 1. The number of halogens is 3. The number of benzene rings is 1. The lowest BCUT2D eigenvalue weighted by atomic mass is 10.0. The minimum absolute atomic E-state index is 0.131. The topological polar surface area (TPSA) is 84.1 Å². The summed E-state index contributed by atoms with van der Waals surface area (Å²) in [6.45, 7) is 9.62. The molecule has 0 saturated carbocycles. The van der Waals surface area contributed by atoms with E-state index in [1.54, 1.807) is 50.4 Å². The number of aryl methyl sites for hydroxylation is 1. The number of hydrogen-bond acceptors (Lipinski definition) is 4. The monoisotopic (exact) mass is 489 g/mol. The van der Waals surface area contributed by atoms with Gasteiger partial charge in [-0.15, -0.1) is 0 Å². The van der Waals surface area contributed by atoms with Gasteiger partial charge in [-0.2, -0.15) is 13.2 Å². The number of imidazole rings is 1. The van der Waals surface area contributed by atoms with E-state index in [0.717, 1.165) is 4.90 Å². The summed E-state index contributed by atoms with van der Waals surface area (Å²) in [5, 5.41) is 9.31. The molecule has 3 rings (SSSR count). The number of aromatic nitrogens is 2. The summed E-state index contributed by atoms with van der Waals surface area (Å²) in [7, 11) is 0. The van der Waals surface area contributed by atoms with Crippen molar-refractivity contribution < 1.29 is 32.6 Å². The maximum absolute atomic E-state index is 13.1. The second kappa shape index (κ2) is 9.44. The van der Waals surface area contributed by atoms with E-state index in [1.807, 2.05) is 0 Å². The van der Waals surface area contributed by atoms with Gasteiger partial charge in [-0.05, 0) is 57.0 Å². The summed E-state index contributed by atoms with van der Waals surface area (Å²) in [4.78, 5) is 29.6. The zero-order chi connectivity index (χ0) is 26.1. The summed E-state index contributed by atoms with van der Waals surface area (Å²) >= 11 is 0. The maximum Gasteiger partial charge on any atom is 0.414 e. The number of rotatable bonds is 6. The Kier molecular flexibility index (Phi) is 6.96. The maximum atomic E-state index is 13.1. The van der Waals surface area contributed by atoms with Crippen LogP contribution in [0.3, 0.4) is 0 Å². The number of ether oxygens (including phenoxy) is 1. The van der Waals surface area contributed by atoms with Crippen LogP contribution in [0, 0.1) is 6.92 Å². The molecule has 0 unspecified atom stereocenters. The minimum atomic E-state index is -4.49. The van der Waals surface area contributed by atoms with Gasteiger partial charge in [0.1, 0.15) is 5.60 Å². The van der Waals surface area contributed by atoms with Crippen molar-refractivity contribution in [3.8, 4) is 11.3 Å². The number of amides is 1. The number of fused-ring (bicyclic) bond motifs is 1. The zero-order valence-corrected chi connectivity index (χ0v) is 19.8. The molecule has 0 saturated heterocycles. The van der Waals surface area contributed by atoms with Gasteiger partial charge in [-0.25, -0.2) is 14.6 Å². The fourth-order valence-electron chi connectivity index (χ4n) is 3.54. The smallest absolute Gasteiger partial charge is 0.414 e. The van der Waals surface area contributed by atoms with E-state index < -0.39 is 36.8 Å². The van der Waals surface area contributed by atoms with Crippen molar-refractivity contribution in [1.29, 1.82) is 0 Å². The number of anilines is 1. The van der Waals surface area contributed by atoms with Crippen molar-refractivity contribution in [2.24, 2.45) is 0 Å². The third kappa shape index (κ3) is 6.00. The largest absolute Gasteiger partial charge is 0.478 e. The first-order valence-corrected chi connectivity index (χ1v) is 10.8. The van der Waals surface area contributed by atoms with Crippen molar-refractivity contribution in [2.45, 2.75) is 45.9 Å². The molecule has 0 bridgehead atoms. The second-order valence-corrected chi connectivity index (χ2v) is 9.03. The first-order valence-electron chi connectivity index (χ1n) is 10.8. The average Bonchev–Trinajstić information content (AvgIpc) is 3.15. The van der Waals surface area contributed by atoms with E-state index >= 15 is 0 Å². The van der Waals surface area contributed by atoms with Crippen LogP contribution in [0.25, 0.3) is 23.0 Å². The van der Waals surface area contributed by atoms with E-state index in [1.165, 1.54) is 24.4 Å². The third-order valence-electron chi connectivity index (χ3n) is 5.12. The first kappa shape index (κ1) is 25.8. The molecule has 2 aromatic heterocycles. The highest BCUT2D eigenvalue weighted by Crippen LogP contribution is 2.32. The SMILES string of the molecule is C=Cc1cc(N(CCC(F)(F)F)C(=O)OC(C)(C)C)c2ncc(-c3ccc(C(=O)O)c(C)c3)n2c1. The summed E-state index contributed by atoms with van der Waals surface area (Å²) in [6, 6.07) is 6.30. The molecule has 2 heterocycles. The molecule has 0 aliphatic carbocycles. The predicted octanol–water partition coefficient (Wildman–Crippen LogP) is 6.34. The Bertz CT molecular complexity index is 1290. The predicted molar refractivity (Wildman–Crippen MR) is 127 cm³/mol. The summed E-state index contributed by atoms with van der Waals surface area (Å²) in [5.41, 5.74) is 1.86. The van der Waals surface area contributed by atoms with Crippen molar-refractivity contribution in [3.05, 3.63) is 59.9 Å². The fourth-order valence-corrected chi connectivity index (χ4v) is 3.54. The Morgan fingerprint density at radius 3 is 2.46 bits per heavy atom. The lowest BCUT2D eigenvalue weighted by molar-refractivity contribution is -0.132. The van der Waals surface area contributed by atoms with E-state index in [0.29, 0.717) is 22.4 Å². The summed E-state index contributed by atoms with van der Waals surface area (Å²) < 4.78 is 46.3. The standard InChI is InChI=1S/C25H26F3N3O4/c1-6-16-12-19(30(10-9-25(26,27)28)23(34)35-24(3,4)5)21-29-13-20(31(21)14-16)17-7-8-18(22(32)33)15(2)11-17/h6-8,11-14H,1,9-10H2,2-5H3,(H,32,33). The Hall–Kier alpha value is -3.82. The number of carbonyl (C=O) groups excluding carboxylic acids is 1. The number of carbonyl (C=O) groups is 2. The van der Waals surface area contributed by atoms with E-state index in [2.05, 4.69) is 11.6 Å². The van der Waals surface area contributed by atoms with Gasteiger partial charge in [0, 0.05) is 18.3 Å². The number of nitrogens with zero attached hydrogens (tertiary/aromatic N) is 3. The van der Waals surface area contributed by atoms with Crippen molar-refractivity contribution >= 4 is 29.5 Å². The molecule has 1 N–H and O–H groups in total. The van der Waals surface area contributed by atoms with Crippen molar-refractivity contribution in [1.82, 2.24) is 9.38 Å². The van der Waals surface area contributed by atoms with Crippen LogP contribution in [-0.2, 0) is 4.74 Å². The molecule has 7 nitrogen and oxygen atoms in total. The number of alkyl halides is 3. The van der Waals surface area contributed by atoms with Crippen LogP contribution in [0.2, 0.25) is 0 Å². The lowest BCUT2D eigenvalue weighted by Gasteiger charge is -2.28. The third-order valence-corrected chi connectivity index (χ3v) is 5.12. The van der Waals surface area contributed by atoms with Gasteiger partial charge in [0.15, 0.2) is 5.65 Å². The second-order valence-electron chi connectivity index (χ2n) is 9.03. The zero-order valence-electron chi connectivity index (χ0n) is 19.8. The van der Waals surface area contributed by atoms with Crippen molar-refractivity contribution in [2.75, 3.05) is 11.4 Å². The molecule has 0 aliphatic heterocycles. The summed E-state index contributed by atoms with van der Waals surface area (Å²) in [5.74, 6) is -1.05. The molecule has 186 valence electrons. The van der Waals surface area contributed by atoms with Gasteiger partial charge in [-0.1, -0.05) is 18.7 Å². The molecule has 10 heteroatoms. The molecular formula is C25H26F3N3O4. The van der Waals surface area contributed by atoms with Crippen LogP contribution in [0.4, 0.5) is 23.7 Å². The highest BCUT2D eigenvalue weighted by molar-refractivity contribution is 5.94. The van der Waals surface area contributed by atoms with Crippen LogP contribution < -0.4 is 4.90 Å². The van der Waals surface area contributed by atoms with Crippen LogP contribution in [0.1, 0.15) is 48.7 Å². The van der Waals surface area contributed by atoms with Crippen LogP contribution in [0.15, 0.2) is 43.2 Å². The highest BCUT2D eigenvalue weighted by atomic mass is 19.4. The Balaban J connectivity index is 2.18. The Morgan fingerprint density at radius 2 is 1.91 bits per heavy atom. The normalized spacial score (nSPS) is 12.0. The van der Waals surface area contributed by atoms with Crippen LogP contribution in [-0.4, -0.2) is 44.9 Å². The molecule has 1 aromatic carbocycles. The van der Waals surface area contributed by atoms with Gasteiger partial charge in [0.25, 0.3) is 0 Å². The van der Waals surface area contributed by atoms with Gasteiger partial charge >= 0.3 is 18.2 Å².